The zero-order valence-electron chi connectivity index (χ0n) is 11.0. The Kier molecular flexibility index (Phi) is 5.83. The number of hydrogen-bond acceptors (Lipinski definition) is 3. The van der Waals surface area contributed by atoms with E-state index >= 15 is 0 Å². The highest BCUT2D eigenvalue weighted by molar-refractivity contribution is 7.90. The van der Waals surface area contributed by atoms with Gasteiger partial charge in [0.2, 0.25) is 0 Å². The molecule has 104 valence electrons. The zero-order chi connectivity index (χ0) is 14.3. The summed E-state index contributed by atoms with van der Waals surface area (Å²) in [5.41, 5.74) is 2.15. The molecule has 0 atom stereocenters. The van der Waals surface area contributed by atoms with Crippen molar-refractivity contribution >= 4 is 15.9 Å². The van der Waals surface area contributed by atoms with Crippen LogP contribution in [-0.4, -0.2) is 26.7 Å². The van der Waals surface area contributed by atoms with Gasteiger partial charge in [0.1, 0.15) is 0 Å². The van der Waals surface area contributed by atoms with E-state index in [4.69, 9.17) is 5.11 Å². The summed E-state index contributed by atoms with van der Waals surface area (Å²) in [5, 5.41) is 8.68. The van der Waals surface area contributed by atoms with Gasteiger partial charge in [-0.25, -0.2) is 0 Å². The lowest BCUT2D eigenvalue weighted by Gasteiger charge is -2.09. The number of rotatable bonds is 5. The van der Waals surface area contributed by atoms with E-state index in [1.165, 1.54) is 0 Å². The Hall–Kier alpha value is -1.55. The predicted molar refractivity (Wildman–Crippen MR) is 76.0 cm³/mol. The average Bonchev–Trinajstić information content (AvgIpc) is 2.33. The SMILES string of the molecule is CCNS(=O)(=O)Nc1ccc(C)c(C#CCCO)c1. The van der Waals surface area contributed by atoms with E-state index in [0.29, 0.717) is 18.7 Å². The zero-order valence-corrected chi connectivity index (χ0v) is 11.8. The molecule has 0 saturated carbocycles. The minimum Gasteiger partial charge on any atom is -0.395 e. The fourth-order valence-corrected chi connectivity index (χ4v) is 2.30. The molecule has 0 aliphatic carbocycles. The van der Waals surface area contributed by atoms with Crippen molar-refractivity contribution in [3.8, 4) is 11.8 Å². The highest BCUT2D eigenvalue weighted by Gasteiger charge is 2.08. The van der Waals surface area contributed by atoms with Crippen molar-refractivity contribution in [2.75, 3.05) is 17.9 Å². The quantitative estimate of drug-likeness (QED) is 0.705. The van der Waals surface area contributed by atoms with Crippen molar-refractivity contribution in [3.63, 3.8) is 0 Å². The molecule has 5 nitrogen and oxygen atoms in total. The number of benzene rings is 1. The Bertz CT molecular complexity index is 586. The Balaban J connectivity index is 2.94. The van der Waals surface area contributed by atoms with Gasteiger partial charge in [-0.05, 0) is 24.6 Å². The Morgan fingerprint density at radius 1 is 1.37 bits per heavy atom. The molecule has 0 aromatic heterocycles. The molecule has 0 fully saturated rings. The Labute approximate surface area is 114 Å². The molecule has 0 spiro atoms. The molecule has 0 radical (unpaired) electrons. The number of aliphatic hydroxyl groups excluding tert-OH is 1. The monoisotopic (exact) mass is 282 g/mol. The van der Waals surface area contributed by atoms with Gasteiger partial charge in [-0.15, -0.1) is 0 Å². The second-order valence-electron chi connectivity index (χ2n) is 3.91. The first kappa shape index (κ1) is 15.5. The smallest absolute Gasteiger partial charge is 0.299 e. The van der Waals surface area contributed by atoms with E-state index in [-0.39, 0.29) is 6.61 Å². The standard InChI is InChI=1S/C13H18N2O3S/c1-3-14-19(17,18)15-13-8-7-11(2)12(10-13)6-4-5-9-16/h7-8,10,14-16H,3,5,9H2,1-2H3. The van der Waals surface area contributed by atoms with Crippen LogP contribution in [0.4, 0.5) is 5.69 Å². The molecule has 19 heavy (non-hydrogen) atoms. The summed E-state index contributed by atoms with van der Waals surface area (Å²) in [6.07, 6.45) is 0.396. The van der Waals surface area contributed by atoms with Gasteiger partial charge >= 0.3 is 0 Å². The lowest BCUT2D eigenvalue weighted by molar-refractivity contribution is 0.305. The van der Waals surface area contributed by atoms with Crippen LogP contribution in [0.15, 0.2) is 18.2 Å². The predicted octanol–water partition coefficient (Wildman–Crippen LogP) is 0.995. The maximum atomic E-state index is 11.6. The van der Waals surface area contributed by atoms with E-state index in [2.05, 4.69) is 21.3 Å². The first-order chi connectivity index (χ1) is 8.98. The normalized spacial score (nSPS) is 10.7. The van der Waals surface area contributed by atoms with Crippen LogP contribution in [0.5, 0.6) is 0 Å². The summed E-state index contributed by atoms with van der Waals surface area (Å²) < 4.78 is 27.9. The molecular weight excluding hydrogens is 264 g/mol. The maximum Gasteiger partial charge on any atom is 0.299 e. The maximum absolute atomic E-state index is 11.6. The van der Waals surface area contributed by atoms with Crippen molar-refractivity contribution in [1.82, 2.24) is 4.72 Å². The third-order valence-electron chi connectivity index (χ3n) is 2.28. The second kappa shape index (κ2) is 7.14. The van der Waals surface area contributed by atoms with Crippen molar-refractivity contribution in [3.05, 3.63) is 29.3 Å². The topological polar surface area (TPSA) is 78.4 Å². The van der Waals surface area contributed by atoms with Crippen molar-refractivity contribution in [1.29, 1.82) is 0 Å². The van der Waals surface area contributed by atoms with E-state index in [9.17, 15) is 8.42 Å². The highest BCUT2D eigenvalue weighted by atomic mass is 32.2. The van der Waals surface area contributed by atoms with Crippen molar-refractivity contribution < 1.29 is 13.5 Å². The van der Waals surface area contributed by atoms with Crippen LogP contribution >= 0.6 is 0 Å². The number of hydrogen-bond donors (Lipinski definition) is 3. The Morgan fingerprint density at radius 3 is 2.74 bits per heavy atom. The van der Waals surface area contributed by atoms with Gasteiger partial charge in [0, 0.05) is 18.5 Å². The minimum atomic E-state index is -3.53. The van der Waals surface area contributed by atoms with E-state index in [1.54, 1.807) is 25.1 Å². The summed E-state index contributed by atoms with van der Waals surface area (Å²) in [4.78, 5) is 0. The van der Waals surface area contributed by atoms with Crippen molar-refractivity contribution in [2.24, 2.45) is 0 Å². The lowest BCUT2D eigenvalue weighted by Crippen LogP contribution is -2.29. The van der Waals surface area contributed by atoms with Crippen LogP contribution in [0.2, 0.25) is 0 Å². The number of aryl methyl sites for hydroxylation is 1. The molecule has 0 bridgehead atoms. The van der Waals surface area contributed by atoms with Crippen LogP contribution in [0, 0.1) is 18.8 Å². The number of anilines is 1. The van der Waals surface area contributed by atoms with Crippen LogP contribution in [0.3, 0.4) is 0 Å². The van der Waals surface area contributed by atoms with Gasteiger partial charge in [0.05, 0.1) is 12.3 Å². The van der Waals surface area contributed by atoms with Crippen LogP contribution in [-0.2, 0) is 10.2 Å². The van der Waals surface area contributed by atoms with Gasteiger partial charge in [-0.2, -0.15) is 13.1 Å². The summed E-state index contributed by atoms with van der Waals surface area (Å²) in [7, 11) is -3.53. The average molecular weight is 282 g/mol. The second-order valence-corrected chi connectivity index (χ2v) is 5.41. The molecule has 0 heterocycles. The van der Waals surface area contributed by atoms with Crippen LogP contribution < -0.4 is 9.44 Å². The highest BCUT2D eigenvalue weighted by Crippen LogP contribution is 2.15. The van der Waals surface area contributed by atoms with Crippen LogP contribution in [0.1, 0.15) is 24.5 Å². The largest absolute Gasteiger partial charge is 0.395 e. The third-order valence-corrected chi connectivity index (χ3v) is 3.46. The van der Waals surface area contributed by atoms with E-state index in [1.807, 2.05) is 6.92 Å². The molecule has 3 N–H and O–H groups in total. The van der Waals surface area contributed by atoms with Gasteiger partial charge in [-0.3, -0.25) is 4.72 Å². The molecular formula is C13H18N2O3S. The fraction of sp³-hybridized carbons (Fsp3) is 0.385. The van der Waals surface area contributed by atoms with Crippen LogP contribution in [0.25, 0.3) is 0 Å². The van der Waals surface area contributed by atoms with E-state index in [0.717, 1.165) is 11.1 Å². The molecule has 0 aliphatic heterocycles. The first-order valence-electron chi connectivity index (χ1n) is 5.96. The number of aliphatic hydroxyl groups is 1. The summed E-state index contributed by atoms with van der Waals surface area (Å²) >= 11 is 0. The van der Waals surface area contributed by atoms with E-state index < -0.39 is 10.2 Å². The fourth-order valence-electron chi connectivity index (χ4n) is 1.42. The summed E-state index contributed by atoms with van der Waals surface area (Å²) in [6, 6.07) is 5.16. The van der Waals surface area contributed by atoms with Gasteiger partial charge in [0.15, 0.2) is 0 Å². The third kappa shape index (κ3) is 5.30. The molecule has 1 aromatic carbocycles. The molecule has 1 rings (SSSR count). The molecule has 6 heteroatoms. The first-order valence-corrected chi connectivity index (χ1v) is 7.44. The summed E-state index contributed by atoms with van der Waals surface area (Å²) in [6.45, 7) is 3.94. The summed E-state index contributed by atoms with van der Waals surface area (Å²) in [5.74, 6) is 5.72. The number of nitrogens with one attached hydrogen (secondary N) is 2. The molecule has 0 unspecified atom stereocenters. The van der Waals surface area contributed by atoms with Crippen molar-refractivity contribution in [2.45, 2.75) is 20.3 Å². The molecule has 0 aliphatic rings. The minimum absolute atomic E-state index is 0.0127. The van der Waals surface area contributed by atoms with Gasteiger partial charge in [0.25, 0.3) is 10.2 Å². The molecule has 1 aromatic rings. The molecule has 0 saturated heterocycles. The lowest BCUT2D eigenvalue weighted by atomic mass is 10.1. The molecule has 0 amide bonds. The van der Waals surface area contributed by atoms with Gasteiger partial charge < -0.3 is 5.11 Å². The van der Waals surface area contributed by atoms with Gasteiger partial charge in [-0.1, -0.05) is 24.8 Å². The Morgan fingerprint density at radius 2 is 2.11 bits per heavy atom.